The van der Waals surface area contributed by atoms with E-state index in [0.29, 0.717) is 0 Å². The van der Waals surface area contributed by atoms with Gasteiger partial charge in [0.1, 0.15) is 11.9 Å². The normalized spacial score (nSPS) is 11.3. The van der Waals surface area contributed by atoms with Crippen molar-refractivity contribution in [2.45, 2.75) is 25.6 Å². The summed E-state index contributed by atoms with van der Waals surface area (Å²) in [6.07, 6.45) is -5.07. The van der Waals surface area contributed by atoms with Gasteiger partial charge in [0.05, 0.1) is 5.56 Å². The smallest absolute Gasteiger partial charge is 0.313 e. The number of hydrogen-bond donors (Lipinski definition) is 1. The SMILES string of the molecule is N#Cc1cccc(CNCCCC(F)(F)F)c1F. The average Bonchev–Trinajstić information content (AvgIpc) is 2.29. The van der Waals surface area contributed by atoms with E-state index in [0.717, 1.165) is 0 Å². The molecule has 6 heteroatoms. The fourth-order valence-corrected chi connectivity index (χ4v) is 1.44. The average molecular weight is 260 g/mol. The summed E-state index contributed by atoms with van der Waals surface area (Å²) in [5.41, 5.74) is 0.214. The van der Waals surface area contributed by atoms with Gasteiger partial charge in [-0.1, -0.05) is 12.1 Å². The molecular formula is C12H12F4N2. The first-order chi connectivity index (χ1) is 8.44. The first-order valence-electron chi connectivity index (χ1n) is 5.39. The number of nitrogens with zero attached hydrogens (tertiary/aromatic N) is 1. The highest BCUT2D eigenvalue weighted by molar-refractivity contribution is 5.34. The van der Waals surface area contributed by atoms with Crippen LogP contribution in [0.4, 0.5) is 17.6 Å². The molecule has 1 aromatic rings. The lowest BCUT2D eigenvalue weighted by molar-refractivity contribution is -0.135. The zero-order valence-corrected chi connectivity index (χ0v) is 9.52. The Hall–Kier alpha value is -1.61. The summed E-state index contributed by atoms with van der Waals surface area (Å²) in [5, 5.41) is 11.3. The van der Waals surface area contributed by atoms with Crippen LogP contribution in [0.1, 0.15) is 24.0 Å². The molecule has 0 radical (unpaired) electrons. The van der Waals surface area contributed by atoms with E-state index in [4.69, 9.17) is 5.26 Å². The first-order valence-corrected chi connectivity index (χ1v) is 5.39. The largest absolute Gasteiger partial charge is 0.389 e. The van der Waals surface area contributed by atoms with Crippen molar-refractivity contribution in [2.24, 2.45) is 0 Å². The van der Waals surface area contributed by atoms with Crippen molar-refractivity contribution in [3.63, 3.8) is 0 Å². The second-order valence-electron chi connectivity index (χ2n) is 3.79. The minimum Gasteiger partial charge on any atom is -0.313 e. The Balaban J connectivity index is 2.39. The molecule has 0 aromatic heterocycles. The second kappa shape index (κ2) is 6.36. The summed E-state index contributed by atoms with van der Waals surface area (Å²) in [6.45, 7) is 0.259. The van der Waals surface area contributed by atoms with E-state index >= 15 is 0 Å². The third kappa shape index (κ3) is 4.72. The van der Waals surface area contributed by atoms with E-state index in [1.54, 1.807) is 6.07 Å². The molecule has 0 amide bonds. The van der Waals surface area contributed by atoms with Crippen LogP contribution in [0.25, 0.3) is 0 Å². The number of alkyl halides is 3. The van der Waals surface area contributed by atoms with Gasteiger partial charge in [0.2, 0.25) is 0 Å². The van der Waals surface area contributed by atoms with Crippen LogP contribution in [-0.2, 0) is 6.54 Å². The van der Waals surface area contributed by atoms with E-state index in [9.17, 15) is 17.6 Å². The lowest BCUT2D eigenvalue weighted by Gasteiger charge is -2.08. The summed E-state index contributed by atoms with van der Waals surface area (Å²) < 4.78 is 49.1. The van der Waals surface area contributed by atoms with Crippen LogP contribution in [0.5, 0.6) is 0 Å². The zero-order chi connectivity index (χ0) is 13.6. The van der Waals surface area contributed by atoms with Crippen LogP contribution in [0, 0.1) is 17.1 Å². The lowest BCUT2D eigenvalue weighted by Crippen LogP contribution is -2.18. The van der Waals surface area contributed by atoms with Gasteiger partial charge >= 0.3 is 6.18 Å². The molecule has 0 aliphatic rings. The van der Waals surface area contributed by atoms with E-state index in [2.05, 4.69) is 5.32 Å². The maximum absolute atomic E-state index is 13.5. The highest BCUT2D eigenvalue weighted by Gasteiger charge is 2.25. The van der Waals surface area contributed by atoms with Crippen LogP contribution >= 0.6 is 0 Å². The molecule has 0 spiro atoms. The molecule has 0 heterocycles. The quantitative estimate of drug-likeness (QED) is 0.652. The van der Waals surface area contributed by atoms with Crippen LogP contribution in [0.2, 0.25) is 0 Å². The molecule has 1 aromatic carbocycles. The van der Waals surface area contributed by atoms with Gasteiger partial charge in [-0.2, -0.15) is 18.4 Å². The van der Waals surface area contributed by atoms with E-state index in [1.165, 1.54) is 18.2 Å². The summed E-state index contributed by atoms with van der Waals surface area (Å²) in [4.78, 5) is 0. The van der Waals surface area contributed by atoms with Gasteiger partial charge in [-0.25, -0.2) is 4.39 Å². The fraction of sp³-hybridized carbons (Fsp3) is 0.417. The summed E-state index contributed by atoms with van der Waals surface area (Å²) in [6, 6.07) is 6.08. The van der Waals surface area contributed by atoms with E-state index < -0.39 is 18.4 Å². The predicted octanol–water partition coefficient (Wildman–Crippen LogP) is 3.13. The van der Waals surface area contributed by atoms with Gasteiger partial charge in [0.15, 0.2) is 0 Å². The molecule has 2 nitrogen and oxygen atoms in total. The molecule has 0 saturated carbocycles. The molecular weight excluding hydrogens is 248 g/mol. The Bertz CT molecular complexity index is 435. The molecule has 0 bridgehead atoms. The maximum atomic E-state index is 13.5. The minimum absolute atomic E-state index is 0.0525. The Morgan fingerprint density at radius 3 is 2.61 bits per heavy atom. The Labute approximate surface area is 102 Å². The van der Waals surface area contributed by atoms with Crippen molar-refractivity contribution in [1.82, 2.24) is 5.32 Å². The van der Waals surface area contributed by atoms with Crippen molar-refractivity contribution < 1.29 is 17.6 Å². The third-order valence-electron chi connectivity index (χ3n) is 2.33. The van der Waals surface area contributed by atoms with Gasteiger partial charge in [-0.05, 0) is 19.0 Å². The number of benzene rings is 1. The van der Waals surface area contributed by atoms with Crippen LogP contribution in [0.15, 0.2) is 18.2 Å². The summed E-state index contributed by atoms with van der Waals surface area (Å²) in [5.74, 6) is -0.622. The number of hydrogen-bond acceptors (Lipinski definition) is 2. The van der Waals surface area contributed by atoms with Crippen molar-refractivity contribution in [2.75, 3.05) is 6.54 Å². The lowest BCUT2D eigenvalue weighted by atomic mass is 10.1. The predicted molar refractivity (Wildman–Crippen MR) is 58.1 cm³/mol. The molecule has 98 valence electrons. The van der Waals surface area contributed by atoms with Gasteiger partial charge < -0.3 is 5.32 Å². The van der Waals surface area contributed by atoms with Gasteiger partial charge in [0, 0.05) is 18.5 Å². The molecule has 18 heavy (non-hydrogen) atoms. The second-order valence-corrected chi connectivity index (χ2v) is 3.79. The number of halogens is 4. The van der Waals surface area contributed by atoms with Gasteiger partial charge in [-0.15, -0.1) is 0 Å². The summed E-state index contributed by atoms with van der Waals surface area (Å²) in [7, 11) is 0. The standard InChI is InChI=1S/C12H12F4N2/c13-11-9(7-17)3-1-4-10(11)8-18-6-2-5-12(14,15)16/h1,3-4,18H,2,5-6,8H2. The third-order valence-corrected chi connectivity index (χ3v) is 2.33. The Kier molecular flexibility index (Phi) is 5.10. The molecule has 1 N–H and O–H groups in total. The number of nitrogens with one attached hydrogen (secondary N) is 1. The van der Waals surface area contributed by atoms with E-state index in [-0.39, 0.29) is 30.6 Å². The van der Waals surface area contributed by atoms with Crippen LogP contribution in [-0.4, -0.2) is 12.7 Å². The monoisotopic (exact) mass is 260 g/mol. The molecule has 0 aliphatic carbocycles. The van der Waals surface area contributed by atoms with Crippen LogP contribution in [0.3, 0.4) is 0 Å². The minimum atomic E-state index is -4.16. The van der Waals surface area contributed by atoms with E-state index in [1.807, 2.05) is 0 Å². The number of nitriles is 1. The van der Waals surface area contributed by atoms with Crippen molar-refractivity contribution in [3.8, 4) is 6.07 Å². The highest BCUT2D eigenvalue weighted by atomic mass is 19.4. The highest BCUT2D eigenvalue weighted by Crippen LogP contribution is 2.20. The number of rotatable bonds is 5. The zero-order valence-electron chi connectivity index (χ0n) is 9.52. The van der Waals surface area contributed by atoms with Crippen molar-refractivity contribution >= 4 is 0 Å². The molecule has 0 aliphatic heterocycles. The van der Waals surface area contributed by atoms with Crippen molar-refractivity contribution in [3.05, 3.63) is 35.1 Å². The van der Waals surface area contributed by atoms with Gasteiger partial charge in [0.25, 0.3) is 0 Å². The van der Waals surface area contributed by atoms with Crippen LogP contribution < -0.4 is 5.32 Å². The molecule has 0 atom stereocenters. The van der Waals surface area contributed by atoms with Gasteiger partial charge in [-0.3, -0.25) is 0 Å². The molecule has 0 saturated heterocycles. The fourth-order valence-electron chi connectivity index (χ4n) is 1.44. The topological polar surface area (TPSA) is 35.8 Å². The van der Waals surface area contributed by atoms with Crippen molar-refractivity contribution in [1.29, 1.82) is 5.26 Å². The maximum Gasteiger partial charge on any atom is 0.389 e. The molecule has 0 fully saturated rings. The molecule has 0 unspecified atom stereocenters. The first kappa shape index (κ1) is 14.5. The summed E-state index contributed by atoms with van der Waals surface area (Å²) >= 11 is 0. The molecule has 1 rings (SSSR count). The Morgan fingerprint density at radius 2 is 2.00 bits per heavy atom. The Morgan fingerprint density at radius 1 is 1.28 bits per heavy atom.